The lowest BCUT2D eigenvalue weighted by Crippen LogP contribution is -1.97. The fraction of sp³-hybridized carbons (Fsp3) is 0.308. The molecule has 20 heavy (non-hydrogen) atoms. The van der Waals surface area contributed by atoms with Crippen LogP contribution in [0.4, 0.5) is 0 Å². The third-order valence-electron chi connectivity index (χ3n) is 3.32. The maximum absolute atomic E-state index is 9.22. The Labute approximate surface area is 124 Å². The van der Waals surface area contributed by atoms with Gasteiger partial charge < -0.3 is 9.67 Å². The molecule has 0 saturated carbocycles. The van der Waals surface area contributed by atoms with E-state index >= 15 is 0 Å². The van der Waals surface area contributed by atoms with E-state index in [2.05, 4.69) is 28.8 Å². The lowest BCUT2D eigenvalue weighted by molar-refractivity contribution is 0.271. The third kappa shape index (κ3) is 2.11. The number of hydrogen-bond donors (Lipinski definition) is 1. The van der Waals surface area contributed by atoms with E-state index in [4.69, 9.17) is 0 Å². The smallest absolute Gasteiger partial charge is 0.174 e. The van der Waals surface area contributed by atoms with Gasteiger partial charge in [0.1, 0.15) is 16.2 Å². The summed E-state index contributed by atoms with van der Waals surface area (Å²) in [7, 11) is 1.89. The summed E-state index contributed by atoms with van der Waals surface area (Å²) in [6, 6.07) is 0. The molecule has 0 atom stereocenters. The number of aliphatic hydroxyl groups is 1. The summed E-state index contributed by atoms with van der Waals surface area (Å²) in [5.41, 5.74) is 2.01. The second kappa shape index (κ2) is 5.16. The van der Waals surface area contributed by atoms with Gasteiger partial charge in [0.2, 0.25) is 0 Å². The van der Waals surface area contributed by atoms with Crippen molar-refractivity contribution in [3.8, 4) is 0 Å². The number of hydrogen-bond acceptors (Lipinski definition) is 6. The number of imidazole rings is 1. The van der Waals surface area contributed by atoms with Crippen LogP contribution in [0.5, 0.6) is 0 Å². The molecule has 0 aromatic carbocycles. The normalized spacial score (nSPS) is 11.4. The highest BCUT2D eigenvalue weighted by molar-refractivity contribution is 7.99. The average Bonchev–Trinajstić information content (AvgIpc) is 2.93. The van der Waals surface area contributed by atoms with Crippen LogP contribution in [0.2, 0.25) is 0 Å². The molecular formula is C13H14N4OS2. The molecule has 3 aromatic heterocycles. The summed E-state index contributed by atoms with van der Waals surface area (Å²) in [6.07, 6.45) is 3.28. The summed E-state index contributed by atoms with van der Waals surface area (Å²) >= 11 is 3.19. The van der Waals surface area contributed by atoms with Gasteiger partial charge in [-0.15, -0.1) is 11.3 Å². The van der Waals surface area contributed by atoms with E-state index in [0.29, 0.717) is 0 Å². The van der Waals surface area contributed by atoms with Gasteiger partial charge in [-0.1, -0.05) is 0 Å². The molecule has 0 radical (unpaired) electrons. The SMILES string of the molecule is Cc1sc2ncnc(Sc3ncc(CO)n3C)c2c1C. The average molecular weight is 306 g/mol. The van der Waals surface area contributed by atoms with Gasteiger partial charge in [0.25, 0.3) is 0 Å². The third-order valence-corrected chi connectivity index (χ3v) is 5.50. The van der Waals surface area contributed by atoms with Crippen molar-refractivity contribution in [2.24, 2.45) is 7.05 Å². The van der Waals surface area contributed by atoms with Crippen molar-refractivity contribution in [3.63, 3.8) is 0 Å². The fourth-order valence-corrected chi connectivity index (χ4v) is 4.03. The first-order chi connectivity index (χ1) is 9.61. The Hall–Kier alpha value is -1.44. The molecule has 0 unspecified atom stereocenters. The fourth-order valence-electron chi connectivity index (χ4n) is 1.98. The van der Waals surface area contributed by atoms with Crippen LogP contribution < -0.4 is 0 Å². The van der Waals surface area contributed by atoms with Crippen molar-refractivity contribution in [2.45, 2.75) is 30.6 Å². The molecule has 3 rings (SSSR count). The van der Waals surface area contributed by atoms with Crippen LogP contribution in [0.3, 0.4) is 0 Å². The lowest BCUT2D eigenvalue weighted by atomic mass is 10.2. The lowest BCUT2D eigenvalue weighted by Gasteiger charge is -2.04. The second-order valence-electron chi connectivity index (χ2n) is 4.49. The van der Waals surface area contributed by atoms with Gasteiger partial charge in [-0.05, 0) is 31.2 Å². The second-order valence-corrected chi connectivity index (χ2v) is 6.65. The number of aliphatic hydroxyl groups excluding tert-OH is 1. The Morgan fingerprint density at radius 3 is 2.80 bits per heavy atom. The zero-order valence-electron chi connectivity index (χ0n) is 11.4. The molecule has 0 aliphatic rings. The highest BCUT2D eigenvalue weighted by Crippen LogP contribution is 2.36. The van der Waals surface area contributed by atoms with E-state index in [1.807, 2.05) is 11.6 Å². The van der Waals surface area contributed by atoms with Crippen molar-refractivity contribution in [2.75, 3.05) is 0 Å². The Kier molecular flexibility index (Phi) is 3.49. The van der Waals surface area contributed by atoms with Crippen LogP contribution in [-0.4, -0.2) is 24.6 Å². The van der Waals surface area contributed by atoms with Gasteiger partial charge in [0.15, 0.2) is 5.16 Å². The molecule has 0 spiro atoms. The van der Waals surface area contributed by atoms with Crippen LogP contribution in [0.25, 0.3) is 10.2 Å². The van der Waals surface area contributed by atoms with E-state index in [-0.39, 0.29) is 6.61 Å². The van der Waals surface area contributed by atoms with Crippen molar-refractivity contribution < 1.29 is 5.11 Å². The van der Waals surface area contributed by atoms with Gasteiger partial charge in [-0.2, -0.15) is 0 Å². The summed E-state index contributed by atoms with van der Waals surface area (Å²) in [4.78, 5) is 15.3. The molecular weight excluding hydrogens is 292 g/mol. The Bertz CT molecular complexity index is 778. The molecule has 0 bridgehead atoms. The maximum atomic E-state index is 9.22. The molecule has 3 aromatic rings. The van der Waals surface area contributed by atoms with Gasteiger partial charge in [0, 0.05) is 17.3 Å². The summed E-state index contributed by atoms with van der Waals surface area (Å²) < 4.78 is 1.88. The van der Waals surface area contributed by atoms with Crippen molar-refractivity contribution in [3.05, 3.63) is 28.7 Å². The summed E-state index contributed by atoms with van der Waals surface area (Å²) in [5, 5.41) is 12.1. The van der Waals surface area contributed by atoms with Crippen LogP contribution in [0.1, 0.15) is 16.1 Å². The van der Waals surface area contributed by atoms with E-state index < -0.39 is 0 Å². The molecule has 0 amide bonds. The molecule has 0 aliphatic carbocycles. The monoisotopic (exact) mass is 306 g/mol. The minimum Gasteiger partial charge on any atom is -0.390 e. The van der Waals surface area contributed by atoms with Crippen molar-refractivity contribution in [1.82, 2.24) is 19.5 Å². The molecule has 1 N–H and O–H groups in total. The Balaban J connectivity index is 2.08. The molecule has 0 fully saturated rings. The highest BCUT2D eigenvalue weighted by atomic mass is 32.2. The van der Waals surface area contributed by atoms with Crippen LogP contribution >= 0.6 is 23.1 Å². The topological polar surface area (TPSA) is 63.8 Å². The maximum Gasteiger partial charge on any atom is 0.174 e. The van der Waals surface area contributed by atoms with Crippen LogP contribution in [0.15, 0.2) is 22.7 Å². The van der Waals surface area contributed by atoms with E-state index in [1.165, 1.54) is 22.2 Å². The standard InChI is InChI=1S/C13H14N4OS2/c1-7-8(2)19-11-10(7)12(16-6-15-11)20-13-14-4-9(5-18)17(13)3/h4,6,18H,5H2,1-3H3. The van der Waals surface area contributed by atoms with Crippen LogP contribution in [0, 0.1) is 13.8 Å². The molecule has 104 valence electrons. The zero-order valence-corrected chi connectivity index (χ0v) is 13.0. The molecule has 5 nitrogen and oxygen atoms in total. The van der Waals surface area contributed by atoms with Gasteiger partial charge >= 0.3 is 0 Å². The van der Waals surface area contributed by atoms with Crippen LogP contribution in [-0.2, 0) is 13.7 Å². The first-order valence-electron chi connectivity index (χ1n) is 6.11. The van der Waals surface area contributed by atoms with Gasteiger partial charge in [0.05, 0.1) is 18.5 Å². The number of aromatic nitrogens is 4. The van der Waals surface area contributed by atoms with E-state index in [1.54, 1.807) is 23.9 Å². The Morgan fingerprint density at radius 2 is 2.10 bits per heavy atom. The number of rotatable bonds is 3. The highest BCUT2D eigenvalue weighted by Gasteiger charge is 2.15. The Morgan fingerprint density at radius 1 is 1.30 bits per heavy atom. The minimum absolute atomic E-state index is 0.0141. The van der Waals surface area contributed by atoms with E-state index in [9.17, 15) is 5.11 Å². The molecule has 7 heteroatoms. The predicted molar refractivity (Wildman–Crippen MR) is 80.1 cm³/mol. The van der Waals surface area contributed by atoms with E-state index in [0.717, 1.165) is 26.1 Å². The number of thiophene rings is 1. The molecule has 0 saturated heterocycles. The van der Waals surface area contributed by atoms with Gasteiger partial charge in [-0.3, -0.25) is 0 Å². The number of aryl methyl sites for hydroxylation is 2. The van der Waals surface area contributed by atoms with Crippen molar-refractivity contribution in [1.29, 1.82) is 0 Å². The van der Waals surface area contributed by atoms with Crippen molar-refractivity contribution >= 4 is 33.3 Å². The zero-order chi connectivity index (χ0) is 14.3. The largest absolute Gasteiger partial charge is 0.390 e. The summed E-state index contributed by atoms with van der Waals surface area (Å²) in [5.74, 6) is 0. The van der Waals surface area contributed by atoms with Gasteiger partial charge in [-0.25, -0.2) is 15.0 Å². The first-order valence-corrected chi connectivity index (χ1v) is 7.75. The molecule has 3 heterocycles. The predicted octanol–water partition coefficient (Wildman–Crippen LogP) is 2.69. The first kappa shape index (κ1) is 13.5. The number of fused-ring (bicyclic) bond motifs is 1. The summed E-state index contributed by atoms with van der Waals surface area (Å²) in [6.45, 7) is 4.18. The number of nitrogens with zero attached hydrogens (tertiary/aromatic N) is 4. The quantitative estimate of drug-likeness (QED) is 0.754. The minimum atomic E-state index is -0.0141. The molecule has 0 aliphatic heterocycles.